The largest absolute Gasteiger partial charge is 0.391 e. The molecular weight excluding hydrogens is 258 g/mol. The fourth-order valence-corrected chi connectivity index (χ4v) is 3.27. The molecule has 1 unspecified atom stereocenters. The van der Waals surface area contributed by atoms with E-state index in [0.29, 0.717) is 10.9 Å². The maximum absolute atomic E-state index is 9.91. The highest BCUT2D eigenvalue weighted by Gasteiger charge is 2.15. The molecule has 2 heterocycles. The minimum absolute atomic E-state index is 0.330. The van der Waals surface area contributed by atoms with Crippen LogP contribution in [0.15, 0.2) is 4.34 Å². The predicted octanol–water partition coefficient (Wildman–Crippen LogP) is -0.522. The fraction of sp³-hybridized carbons (Fsp3) is 0.778. The first-order valence-corrected chi connectivity index (χ1v) is 7.37. The maximum Gasteiger partial charge on any atom is 0.203 e. The van der Waals surface area contributed by atoms with E-state index in [1.807, 2.05) is 0 Å². The van der Waals surface area contributed by atoms with E-state index in [0.717, 1.165) is 37.1 Å². The van der Waals surface area contributed by atoms with Gasteiger partial charge in [-0.3, -0.25) is 4.90 Å². The Labute approximate surface area is 109 Å². The average Bonchev–Trinajstić information content (AvgIpc) is 2.74. The molecular formula is C9H17N5OS2. The number of aliphatic hydroxyl groups is 1. The van der Waals surface area contributed by atoms with E-state index in [4.69, 9.17) is 5.73 Å². The molecule has 1 aromatic heterocycles. The molecule has 0 aromatic carbocycles. The molecule has 1 atom stereocenters. The number of aliphatic hydroxyl groups excluding tert-OH is 1. The highest BCUT2D eigenvalue weighted by atomic mass is 32.2. The van der Waals surface area contributed by atoms with Crippen molar-refractivity contribution in [3.8, 4) is 0 Å². The summed E-state index contributed by atoms with van der Waals surface area (Å²) in [4.78, 5) is 2.27. The number of anilines is 1. The molecule has 8 heteroatoms. The van der Waals surface area contributed by atoms with Crippen molar-refractivity contribution in [2.75, 3.05) is 44.2 Å². The van der Waals surface area contributed by atoms with E-state index >= 15 is 0 Å². The van der Waals surface area contributed by atoms with Gasteiger partial charge in [-0.25, -0.2) is 0 Å². The lowest BCUT2D eigenvalue weighted by atomic mass is 10.3. The van der Waals surface area contributed by atoms with E-state index in [1.165, 1.54) is 23.1 Å². The molecule has 96 valence electrons. The summed E-state index contributed by atoms with van der Waals surface area (Å²) in [5.74, 6) is 0.637. The average molecular weight is 275 g/mol. The second kappa shape index (κ2) is 6.50. The van der Waals surface area contributed by atoms with Crippen LogP contribution in [0.3, 0.4) is 0 Å². The van der Waals surface area contributed by atoms with Crippen molar-refractivity contribution in [1.82, 2.24) is 20.4 Å². The van der Waals surface area contributed by atoms with Crippen molar-refractivity contribution in [3.05, 3.63) is 0 Å². The Morgan fingerprint density at radius 3 is 2.88 bits per heavy atom. The van der Waals surface area contributed by atoms with Gasteiger partial charge in [0.2, 0.25) is 5.13 Å². The Bertz CT molecular complexity index is 342. The summed E-state index contributed by atoms with van der Waals surface area (Å²) >= 11 is 2.87. The molecule has 2 rings (SSSR count). The lowest BCUT2D eigenvalue weighted by molar-refractivity contribution is 0.121. The summed E-state index contributed by atoms with van der Waals surface area (Å²) in [7, 11) is 0. The van der Waals surface area contributed by atoms with E-state index in [-0.39, 0.29) is 6.10 Å². The molecule has 1 aliphatic heterocycles. The molecule has 0 radical (unpaired) electrons. The number of hydrogen-bond acceptors (Lipinski definition) is 8. The van der Waals surface area contributed by atoms with Crippen LogP contribution >= 0.6 is 23.1 Å². The second-order valence-electron chi connectivity index (χ2n) is 3.92. The van der Waals surface area contributed by atoms with Gasteiger partial charge in [-0.2, -0.15) is 0 Å². The van der Waals surface area contributed by atoms with Crippen LogP contribution in [0.4, 0.5) is 5.13 Å². The summed E-state index contributed by atoms with van der Waals surface area (Å²) in [5.41, 5.74) is 5.49. The molecule has 0 amide bonds. The quantitative estimate of drug-likeness (QED) is 0.623. The Balaban J connectivity index is 1.68. The summed E-state index contributed by atoms with van der Waals surface area (Å²) in [6, 6.07) is 0. The number of nitrogens with one attached hydrogen (secondary N) is 1. The van der Waals surface area contributed by atoms with Crippen molar-refractivity contribution in [2.24, 2.45) is 0 Å². The van der Waals surface area contributed by atoms with Crippen LogP contribution in [0.1, 0.15) is 0 Å². The molecule has 1 saturated heterocycles. The van der Waals surface area contributed by atoms with Crippen molar-refractivity contribution >= 4 is 28.2 Å². The van der Waals surface area contributed by atoms with Crippen LogP contribution < -0.4 is 11.1 Å². The molecule has 0 aliphatic carbocycles. The van der Waals surface area contributed by atoms with Crippen LogP contribution in [-0.4, -0.2) is 64.8 Å². The minimum Gasteiger partial charge on any atom is -0.391 e. The number of aromatic nitrogens is 2. The first-order chi connectivity index (χ1) is 8.24. The van der Waals surface area contributed by atoms with Gasteiger partial charge in [-0.1, -0.05) is 23.1 Å². The smallest absolute Gasteiger partial charge is 0.203 e. The van der Waals surface area contributed by atoms with Crippen LogP contribution in [0.25, 0.3) is 0 Å². The van der Waals surface area contributed by atoms with E-state index < -0.39 is 0 Å². The highest BCUT2D eigenvalue weighted by Crippen LogP contribution is 2.24. The molecule has 17 heavy (non-hydrogen) atoms. The van der Waals surface area contributed by atoms with Crippen LogP contribution in [-0.2, 0) is 0 Å². The molecule has 0 saturated carbocycles. The van der Waals surface area contributed by atoms with Gasteiger partial charge in [0.15, 0.2) is 4.34 Å². The number of hydrogen-bond donors (Lipinski definition) is 3. The molecule has 1 aliphatic rings. The Morgan fingerprint density at radius 2 is 2.24 bits per heavy atom. The van der Waals surface area contributed by atoms with Crippen molar-refractivity contribution in [1.29, 1.82) is 0 Å². The first kappa shape index (κ1) is 13.0. The second-order valence-corrected chi connectivity index (χ2v) is 6.20. The van der Waals surface area contributed by atoms with Gasteiger partial charge < -0.3 is 16.2 Å². The van der Waals surface area contributed by atoms with E-state index in [1.54, 1.807) is 0 Å². The van der Waals surface area contributed by atoms with Crippen LogP contribution in [0.5, 0.6) is 0 Å². The fourth-order valence-electron chi connectivity index (χ4n) is 1.69. The van der Waals surface area contributed by atoms with Gasteiger partial charge in [0.1, 0.15) is 0 Å². The van der Waals surface area contributed by atoms with Crippen LogP contribution in [0, 0.1) is 0 Å². The maximum atomic E-state index is 9.91. The minimum atomic E-state index is -0.330. The molecule has 1 fully saturated rings. The van der Waals surface area contributed by atoms with Crippen molar-refractivity contribution in [3.63, 3.8) is 0 Å². The summed E-state index contributed by atoms with van der Waals surface area (Å²) in [6.45, 7) is 4.75. The van der Waals surface area contributed by atoms with Gasteiger partial charge in [0.05, 0.1) is 6.10 Å². The predicted molar refractivity (Wildman–Crippen MR) is 70.4 cm³/mol. The van der Waals surface area contributed by atoms with Crippen molar-refractivity contribution < 1.29 is 5.11 Å². The van der Waals surface area contributed by atoms with Gasteiger partial charge in [-0.15, -0.1) is 10.2 Å². The molecule has 6 nitrogen and oxygen atoms in total. The SMILES string of the molecule is Nc1nnc(SCC(O)CN2CCNCC2)s1. The Morgan fingerprint density at radius 1 is 1.47 bits per heavy atom. The number of rotatable bonds is 5. The lowest BCUT2D eigenvalue weighted by Gasteiger charge is -2.28. The van der Waals surface area contributed by atoms with Gasteiger partial charge >= 0.3 is 0 Å². The third-order valence-electron chi connectivity index (χ3n) is 2.50. The normalized spacial score (nSPS) is 19.4. The summed E-state index contributed by atoms with van der Waals surface area (Å²) in [5, 5.41) is 21.3. The number of nitrogens with two attached hydrogens (primary N) is 1. The number of nitrogen functional groups attached to an aromatic ring is 1. The Hall–Kier alpha value is -0.410. The molecule has 4 N–H and O–H groups in total. The number of piperazine rings is 1. The third kappa shape index (κ3) is 4.40. The standard InChI is InChI=1S/C9H17N5OS2/c10-8-12-13-9(17-8)16-6-7(15)5-14-3-1-11-2-4-14/h7,11,15H,1-6H2,(H2,10,12). The zero-order valence-electron chi connectivity index (χ0n) is 9.50. The zero-order chi connectivity index (χ0) is 12.1. The topological polar surface area (TPSA) is 87.3 Å². The molecule has 1 aromatic rings. The molecule has 0 spiro atoms. The van der Waals surface area contributed by atoms with E-state index in [2.05, 4.69) is 20.4 Å². The number of β-amino-alcohol motifs (C(OH)–C–C–N with tert-alkyl or cyclic N) is 1. The highest BCUT2D eigenvalue weighted by molar-refractivity contribution is 8.01. The summed E-state index contributed by atoms with van der Waals surface area (Å²) in [6.07, 6.45) is -0.330. The Kier molecular flexibility index (Phi) is 4.99. The van der Waals surface area contributed by atoms with E-state index in [9.17, 15) is 5.11 Å². The van der Waals surface area contributed by atoms with Crippen LogP contribution in [0.2, 0.25) is 0 Å². The van der Waals surface area contributed by atoms with Gasteiger partial charge in [0.25, 0.3) is 0 Å². The van der Waals surface area contributed by atoms with Gasteiger partial charge in [-0.05, 0) is 0 Å². The third-order valence-corrected chi connectivity index (χ3v) is 4.53. The molecule has 0 bridgehead atoms. The van der Waals surface area contributed by atoms with Crippen molar-refractivity contribution in [2.45, 2.75) is 10.4 Å². The lowest BCUT2D eigenvalue weighted by Crippen LogP contribution is -2.46. The zero-order valence-corrected chi connectivity index (χ0v) is 11.1. The monoisotopic (exact) mass is 275 g/mol. The van der Waals surface area contributed by atoms with Gasteiger partial charge in [0, 0.05) is 38.5 Å². The number of thioether (sulfide) groups is 1. The first-order valence-electron chi connectivity index (χ1n) is 5.57. The summed E-state index contributed by atoms with van der Waals surface area (Å²) < 4.78 is 0.821. The number of nitrogens with zero attached hydrogens (tertiary/aromatic N) is 3.